The maximum Gasteiger partial charge on any atom is 0.411 e. The van der Waals surface area contributed by atoms with Crippen molar-refractivity contribution in [3.05, 3.63) is 0 Å². The van der Waals surface area contributed by atoms with Gasteiger partial charge in [0, 0.05) is 12.5 Å². The summed E-state index contributed by atoms with van der Waals surface area (Å²) >= 11 is 5.87. The Hall–Kier alpha value is 0.0400. The van der Waals surface area contributed by atoms with Crippen LogP contribution in [-0.4, -0.2) is 25.3 Å². The van der Waals surface area contributed by atoms with Crippen LogP contribution in [0, 0.1) is 11.3 Å². The van der Waals surface area contributed by atoms with Crippen LogP contribution in [0.15, 0.2) is 0 Å². The lowest BCUT2D eigenvalue weighted by molar-refractivity contribution is -0.174. The minimum absolute atomic E-state index is 0.0247. The first-order valence-corrected chi connectivity index (χ1v) is 5.95. The van der Waals surface area contributed by atoms with Gasteiger partial charge in [-0.2, -0.15) is 13.2 Å². The fourth-order valence-corrected chi connectivity index (χ4v) is 1.72. The quantitative estimate of drug-likeness (QED) is 0.491. The lowest BCUT2D eigenvalue weighted by atomic mass is 9.77. The molecule has 0 aliphatic rings. The van der Waals surface area contributed by atoms with Crippen molar-refractivity contribution in [2.75, 3.05) is 19.1 Å². The molecule has 0 amide bonds. The number of ether oxygens (including phenoxy) is 1. The van der Waals surface area contributed by atoms with E-state index in [0.29, 0.717) is 18.2 Å². The summed E-state index contributed by atoms with van der Waals surface area (Å²) in [5.74, 6) is 0.928. The van der Waals surface area contributed by atoms with E-state index in [0.717, 1.165) is 6.42 Å². The summed E-state index contributed by atoms with van der Waals surface area (Å²) in [6.07, 6.45) is -2.84. The largest absolute Gasteiger partial charge is 0.411 e. The maximum atomic E-state index is 11.8. The second-order valence-electron chi connectivity index (χ2n) is 4.71. The Kier molecular flexibility index (Phi) is 6.71. The lowest BCUT2D eigenvalue weighted by Gasteiger charge is -2.31. The van der Waals surface area contributed by atoms with E-state index in [1.807, 2.05) is 0 Å². The molecule has 0 rings (SSSR count). The standard InChI is InChI=1S/C11H20ClF3O/c1-9(2)10(3,7-12)5-4-6-16-8-11(13,14)15/h9H,4-8H2,1-3H3. The minimum Gasteiger partial charge on any atom is -0.372 e. The first-order chi connectivity index (χ1) is 7.21. The molecule has 0 bridgehead atoms. The van der Waals surface area contributed by atoms with Crippen molar-refractivity contribution < 1.29 is 17.9 Å². The molecule has 0 aromatic rings. The van der Waals surface area contributed by atoms with Gasteiger partial charge in [0.1, 0.15) is 6.61 Å². The first kappa shape index (κ1) is 16.0. The molecular formula is C11H20ClF3O. The molecule has 1 nitrogen and oxygen atoms in total. The van der Waals surface area contributed by atoms with E-state index in [1.165, 1.54) is 0 Å². The highest BCUT2D eigenvalue weighted by molar-refractivity contribution is 6.18. The fourth-order valence-electron chi connectivity index (χ4n) is 1.28. The van der Waals surface area contributed by atoms with Gasteiger partial charge in [0.2, 0.25) is 0 Å². The first-order valence-electron chi connectivity index (χ1n) is 5.42. The molecule has 0 heterocycles. The van der Waals surface area contributed by atoms with Crippen LogP contribution in [0.4, 0.5) is 13.2 Å². The summed E-state index contributed by atoms with van der Waals surface area (Å²) in [4.78, 5) is 0. The molecule has 0 aromatic heterocycles. The molecule has 1 atom stereocenters. The van der Waals surface area contributed by atoms with Crippen LogP contribution in [0.1, 0.15) is 33.6 Å². The zero-order valence-corrected chi connectivity index (χ0v) is 10.8. The van der Waals surface area contributed by atoms with Crippen LogP contribution < -0.4 is 0 Å². The highest BCUT2D eigenvalue weighted by Gasteiger charge is 2.28. The summed E-state index contributed by atoms with van der Waals surface area (Å²) in [7, 11) is 0. The van der Waals surface area contributed by atoms with Crippen LogP contribution in [0.3, 0.4) is 0 Å². The Balaban J connectivity index is 3.73. The van der Waals surface area contributed by atoms with Crippen LogP contribution in [0.5, 0.6) is 0 Å². The van der Waals surface area contributed by atoms with Crippen LogP contribution in [0.25, 0.3) is 0 Å². The molecule has 1 unspecified atom stereocenters. The summed E-state index contributed by atoms with van der Waals surface area (Å²) in [6.45, 7) is 5.16. The molecule has 0 fully saturated rings. The molecular weight excluding hydrogens is 241 g/mol. The Morgan fingerprint density at radius 2 is 1.81 bits per heavy atom. The Labute approximate surface area is 100 Å². The Morgan fingerprint density at radius 3 is 2.19 bits per heavy atom. The summed E-state index contributed by atoms with van der Waals surface area (Å²) in [6, 6.07) is 0. The SMILES string of the molecule is CC(C)C(C)(CCl)CCCOCC(F)(F)F. The second-order valence-corrected chi connectivity index (χ2v) is 4.98. The average Bonchev–Trinajstić information content (AvgIpc) is 2.14. The van der Waals surface area contributed by atoms with Gasteiger partial charge < -0.3 is 4.74 Å². The van der Waals surface area contributed by atoms with Gasteiger partial charge in [-0.15, -0.1) is 11.6 Å². The van der Waals surface area contributed by atoms with Crippen LogP contribution >= 0.6 is 11.6 Å². The Morgan fingerprint density at radius 1 is 1.25 bits per heavy atom. The molecule has 0 radical (unpaired) electrons. The number of alkyl halides is 4. The van der Waals surface area contributed by atoms with Crippen molar-refractivity contribution in [3.63, 3.8) is 0 Å². The maximum absolute atomic E-state index is 11.8. The molecule has 0 spiro atoms. The summed E-state index contributed by atoms with van der Waals surface area (Å²) in [5.41, 5.74) is -0.0247. The van der Waals surface area contributed by atoms with Crippen molar-refractivity contribution in [3.8, 4) is 0 Å². The predicted octanol–water partition coefficient (Wildman–Crippen LogP) is 4.25. The van der Waals surface area contributed by atoms with Gasteiger partial charge in [0.05, 0.1) is 0 Å². The van der Waals surface area contributed by atoms with Crippen molar-refractivity contribution in [1.82, 2.24) is 0 Å². The van der Waals surface area contributed by atoms with E-state index in [2.05, 4.69) is 25.5 Å². The zero-order valence-electron chi connectivity index (χ0n) is 10.0. The molecule has 0 aliphatic heterocycles. The van der Waals surface area contributed by atoms with Gasteiger partial charge in [-0.25, -0.2) is 0 Å². The van der Waals surface area contributed by atoms with Crippen molar-refractivity contribution >= 4 is 11.6 Å². The third-order valence-corrected chi connectivity index (χ3v) is 3.61. The highest BCUT2D eigenvalue weighted by atomic mass is 35.5. The molecule has 0 saturated heterocycles. The van der Waals surface area contributed by atoms with Crippen LogP contribution in [0.2, 0.25) is 0 Å². The van der Waals surface area contributed by atoms with E-state index in [-0.39, 0.29) is 12.0 Å². The normalized spacial score (nSPS) is 16.5. The van der Waals surface area contributed by atoms with Crippen molar-refractivity contribution in [2.24, 2.45) is 11.3 Å². The zero-order chi connectivity index (χ0) is 12.8. The number of hydrogen-bond donors (Lipinski definition) is 0. The molecule has 5 heteroatoms. The fraction of sp³-hybridized carbons (Fsp3) is 1.00. The van der Waals surface area contributed by atoms with Gasteiger partial charge in [0.25, 0.3) is 0 Å². The van der Waals surface area contributed by atoms with E-state index in [1.54, 1.807) is 0 Å². The topological polar surface area (TPSA) is 9.23 Å². The van der Waals surface area contributed by atoms with Gasteiger partial charge in [0.15, 0.2) is 0 Å². The van der Waals surface area contributed by atoms with Crippen LogP contribution in [-0.2, 0) is 4.74 Å². The van der Waals surface area contributed by atoms with Crippen molar-refractivity contribution in [1.29, 1.82) is 0 Å². The van der Waals surface area contributed by atoms with E-state index < -0.39 is 12.8 Å². The lowest BCUT2D eigenvalue weighted by Crippen LogP contribution is -2.26. The third-order valence-electron chi connectivity index (χ3n) is 3.00. The molecule has 0 saturated carbocycles. The molecule has 98 valence electrons. The smallest absolute Gasteiger partial charge is 0.372 e. The summed E-state index contributed by atoms with van der Waals surface area (Å²) < 4.78 is 39.8. The van der Waals surface area contributed by atoms with Gasteiger partial charge in [-0.1, -0.05) is 20.8 Å². The Bertz CT molecular complexity index is 194. The van der Waals surface area contributed by atoms with E-state index in [4.69, 9.17) is 11.6 Å². The van der Waals surface area contributed by atoms with Gasteiger partial charge >= 0.3 is 6.18 Å². The van der Waals surface area contributed by atoms with Gasteiger partial charge in [-0.05, 0) is 24.2 Å². The predicted molar refractivity (Wildman–Crippen MR) is 59.8 cm³/mol. The summed E-state index contributed by atoms with van der Waals surface area (Å²) in [5, 5.41) is 0. The number of hydrogen-bond acceptors (Lipinski definition) is 1. The minimum atomic E-state index is -4.23. The molecule has 16 heavy (non-hydrogen) atoms. The van der Waals surface area contributed by atoms with Crippen molar-refractivity contribution in [2.45, 2.75) is 39.8 Å². The van der Waals surface area contributed by atoms with Gasteiger partial charge in [-0.3, -0.25) is 0 Å². The molecule has 0 aromatic carbocycles. The van der Waals surface area contributed by atoms with E-state index in [9.17, 15) is 13.2 Å². The average molecular weight is 261 g/mol. The number of halogens is 4. The second kappa shape index (κ2) is 6.70. The number of rotatable bonds is 7. The highest BCUT2D eigenvalue weighted by Crippen LogP contribution is 2.33. The van der Waals surface area contributed by atoms with E-state index >= 15 is 0 Å². The molecule has 0 N–H and O–H groups in total. The third kappa shape index (κ3) is 6.59. The monoisotopic (exact) mass is 260 g/mol. The molecule has 0 aliphatic carbocycles.